The van der Waals surface area contributed by atoms with Crippen molar-refractivity contribution in [3.8, 4) is 5.75 Å². The van der Waals surface area contributed by atoms with Crippen LogP contribution in [0.4, 0.5) is 5.69 Å². The van der Waals surface area contributed by atoms with E-state index < -0.39 is 0 Å². The molecule has 0 bridgehead atoms. The maximum absolute atomic E-state index is 13.4. The number of benzene rings is 2. The third-order valence-electron chi connectivity index (χ3n) is 4.52. The van der Waals surface area contributed by atoms with Crippen LogP contribution in [0.1, 0.15) is 44.4 Å². The molecule has 152 valence electrons. The van der Waals surface area contributed by atoms with Gasteiger partial charge in [-0.1, -0.05) is 38.1 Å². The van der Waals surface area contributed by atoms with Gasteiger partial charge in [-0.3, -0.25) is 9.59 Å². The minimum absolute atomic E-state index is 0.0709. The molecule has 0 saturated heterocycles. The maximum atomic E-state index is 13.4. The summed E-state index contributed by atoms with van der Waals surface area (Å²) in [5.74, 6) is 0.217. The van der Waals surface area contributed by atoms with Crippen molar-refractivity contribution in [3.05, 3.63) is 64.1 Å². The molecule has 0 aromatic heterocycles. The molecule has 0 aliphatic carbocycles. The highest BCUT2D eigenvalue weighted by molar-refractivity contribution is 8.04. The fraction of sp³-hybridized carbons (Fsp3) is 0.333. The summed E-state index contributed by atoms with van der Waals surface area (Å²) in [5, 5.41) is 0.179. The van der Waals surface area contributed by atoms with Crippen LogP contribution in [0.3, 0.4) is 0 Å². The van der Waals surface area contributed by atoms with Gasteiger partial charge in [-0.05, 0) is 62.6 Å². The van der Waals surface area contributed by atoms with Crippen LogP contribution in [0.25, 0.3) is 5.57 Å². The Kier molecular flexibility index (Phi) is 6.18. The zero-order chi connectivity index (χ0) is 21.3. The number of ether oxygens (including phenoxy) is 1. The van der Waals surface area contributed by atoms with Gasteiger partial charge in [0.05, 0.1) is 22.3 Å². The quantitative estimate of drug-likeness (QED) is 0.590. The van der Waals surface area contributed by atoms with Crippen molar-refractivity contribution in [2.75, 3.05) is 4.90 Å². The minimum Gasteiger partial charge on any atom is -0.491 e. The predicted molar refractivity (Wildman–Crippen MR) is 120 cm³/mol. The Morgan fingerprint density at radius 1 is 0.897 bits per heavy atom. The number of aryl methyl sites for hydroxylation is 2. The van der Waals surface area contributed by atoms with Crippen LogP contribution in [-0.4, -0.2) is 23.2 Å². The third kappa shape index (κ3) is 4.40. The lowest BCUT2D eigenvalue weighted by Gasteiger charge is -2.18. The molecular formula is C24H27NO3S. The van der Waals surface area contributed by atoms with E-state index >= 15 is 0 Å². The van der Waals surface area contributed by atoms with E-state index in [1.807, 2.05) is 84.0 Å². The van der Waals surface area contributed by atoms with Gasteiger partial charge < -0.3 is 4.74 Å². The monoisotopic (exact) mass is 409 g/mol. The van der Waals surface area contributed by atoms with E-state index in [1.165, 1.54) is 16.7 Å². The summed E-state index contributed by atoms with van der Waals surface area (Å²) < 4.78 is 5.71. The number of anilines is 1. The van der Waals surface area contributed by atoms with Gasteiger partial charge in [0.15, 0.2) is 0 Å². The normalized spacial score (nSPS) is 14.6. The maximum Gasteiger partial charge on any atom is 0.272 e. The van der Waals surface area contributed by atoms with Crippen molar-refractivity contribution in [1.29, 1.82) is 0 Å². The first-order chi connectivity index (χ1) is 13.7. The number of hydrogen-bond acceptors (Lipinski definition) is 4. The van der Waals surface area contributed by atoms with E-state index in [1.54, 1.807) is 0 Å². The number of amides is 2. The minimum atomic E-state index is -0.274. The van der Waals surface area contributed by atoms with Crippen LogP contribution >= 0.6 is 11.8 Å². The Labute approximate surface area is 176 Å². The number of hydrogen-bond donors (Lipinski definition) is 0. The van der Waals surface area contributed by atoms with Crippen LogP contribution in [-0.2, 0) is 9.59 Å². The first-order valence-corrected chi connectivity index (χ1v) is 10.7. The second kappa shape index (κ2) is 8.46. The molecule has 0 saturated carbocycles. The molecule has 0 spiro atoms. The highest BCUT2D eigenvalue weighted by atomic mass is 32.2. The molecule has 2 aromatic carbocycles. The average Bonchev–Trinajstić information content (AvgIpc) is 2.87. The van der Waals surface area contributed by atoms with E-state index in [4.69, 9.17) is 4.74 Å². The molecule has 0 fully saturated rings. The van der Waals surface area contributed by atoms with Gasteiger partial charge in [0.1, 0.15) is 5.75 Å². The van der Waals surface area contributed by atoms with E-state index in [2.05, 4.69) is 0 Å². The van der Waals surface area contributed by atoms with Crippen LogP contribution in [0.15, 0.2) is 47.4 Å². The molecule has 0 radical (unpaired) electrons. The molecular weight excluding hydrogens is 382 g/mol. The van der Waals surface area contributed by atoms with Gasteiger partial charge in [0.25, 0.3) is 11.8 Å². The number of thioether (sulfide) groups is 1. The fourth-order valence-corrected chi connectivity index (χ4v) is 4.25. The Morgan fingerprint density at radius 3 is 2.14 bits per heavy atom. The van der Waals surface area contributed by atoms with E-state index in [9.17, 15) is 9.59 Å². The van der Waals surface area contributed by atoms with E-state index in [0.29, 0.717) is 16.2 Å². The lowest BCUT2D eigenvalue weighted by molar-refractivity contribution is -0.119. The highest BCUT2D eigenvalue weighted by Gasteiger charge is 2.41. The molecule has 2 amide bonds. The standard InChI is InChI=1S/C24H27NO3S/c1-14(2)28-19-11-9-18(10-12-19)21-22(29-15(3)4)24(27)25(23(21)26)20-13-16(5)7-8-17(20)6/h7-15H,1-6H3. The van der Waals surface area contributed by atoms with E-state index in [0.717, 1.165) is 22.4 Å². The Morgan fingerprint density at radius 2 is 1.55 bits per heavy atom. The number of nitrogens with zero attached hydrogens (tertiary/aromatic N) is 1. The molecule has 1 aliphatic heterocycles. The van der Waals surface area contributed by atoms with Gasteiger partial charge in [0, 0.05) is 5.25 Å². The van der Waals surface area contributed by atoms with Crippen LogP contribution in [0.2, 0.25) is 0 Å². The van der Waals surface area contributed by atoms with Crippen molar-refractivity contribution in [2.45, 2.75) is 52.9 Å². The molecule has 3 rings (SSSR count). The molecule has 0 atom stereocenters. The van der Waals surface area contributed by atoms with Crippen molar-refractivity contribution in [3.63, 3.8) is 0 Å². The van der Waals surface area contributed by atoms with Gasteiger partial charge in [0.2, 0.25) is 0 Å². The number of imide groups is 1. The third-order valence-corrected chi connectivity index (χ3v) is 5.60. The zero-order valence-corrected chi connectivity index (χ0v) is 18.6. The Hall–Kier alpha value is -2.53. The Bertz CT molecular complexity index is 974. The molecule has 0 unspecified atom stereocenters. The van der Waals surface area contributed by atoms with E-state index in [-0.39, 0.29) is 23.2 Å². The van der Waals surface area contributed by atoms with Gasteiger partial charge in [-0.25, -0.2) is 4.90 Å². The summed E-state index contributed by atoms with van der Waals surface area (Å²) in [6.07, 6.45) is 0.0709. The number of carbonyl (C=O) groups is 2. The highest BCUT2D eigenvalue weighted by Crippen LogP contribution is 2.41. The molecule has 1 heterocycles. The second-order valence-corrected chi connectivity index (χ2v) is 9.38. The molecule has 4 nitrogen and oxygen atoms in total. The van der Waals surface area contributed by atoms with Crippen molar-refractivity contribution in [1.82, 2.24) is 0 Å². The smallest absolute Gasteiger partial charge is 0.272 e. The zero-order valence-electron chi connectivity index (χ0n) is 17.8. The molecule has 1 aliphatic rings. The van der Waals surface area contributed by atoms with Crippen LogP contribution in [0.5, 0.6) is 5.75 Å². The lowest BCUT2D eigenvalue weighted by atomic mass is 10.1. The number of carbonyl (C=O) groups excluding carboxylic acids is 2. The molecule has 5 heteroatoms. The summed E-state index contributed by atoms with van der Waals surface area (Å²) in [6.45, 7) is 11.9. The first kappa shape index (κ1) is 21.2. The van der Waals surface area contributed by atoms with Crippen molar-refractivity contribution >= 4 is 34.8 Å². The number of rotatable bonds is 6. The topological polar surface area (TPSA) is 46.6 Å². The van der Waals surface area contributed by atoms with Crippen molar-refractivity contribution < 1.29 is 14.3 Å². The van der Waals surface area contributed by atoms with Gasteiger partial charge in [-0.2, -0.15) is 0 Å². The summed E-state index contributed by atoms with van der Waals surface area (Å²) in [7, 11) is 0. The van der Waals surface area contributed by atoms with Crippen molar-refractivity contribution in [2.24, 2.45) is 0 Å². The van der Waals surface area contributed by atoms with Crippen LogP contribution < -0.4 is 9.64 Å². The Balaban J connectivity index is 2.06. The molecule has 2 aromatic rings. The summed E-state index contributed by atoms with van der Waals surface area (Å²) in [4.78, 5) is 28.6. The molecule has 29 heavy (non-hydrogen) atoms. The largest absolute Gasteiger partial charge is 0.491 e. The molecule has 0 N–H and O–H groups in total. The lowest BCUT2D eigenvalue weighted by Crippen LogP contribution is -2.32. The summed E-state index contributed by atoms with van der Waals surface area (Å²) in [5.41, 5.74) is 3.75. The average molecular weight is 410 g/mol. The summed E-state index contributed by atoms with van der Waals surface area (Å²) in [6, 6.07) is 13.2. The van der Waals surface area contributed by atoms with Gasteiger partial charge in [-0.15, -0.1) is 11.8 Å². The summed E-state index contributed by atoms with van der Waals surface area (Å²) >= 11 is 1.44. The predicted octanol–water partition coefficient (Wildman–Crippen LogP) is 5.52. The SMILES string of the molecule is Cc1ccc(C)c(N2C(=O)C(SC(C)C)=C(c3ccc(OC(C)C)cc3)C2=O)c1. The van der Waals surface area contributed by atoms with Crippen LogP contribution in [0, 0.1) is 13.8 Å². The first-order valence-electron chi connectivity index (χ1n) is 9.83. The second-order valence-electron chi connectivity index (χ2n) is 7.80. The van der Waals surface area contributed by atoms with Gasteiger partial charge >= 0.3 is 0 Å². The fourth-order valence-electron chi connectivity index (χ4n) is 3.26.